The molecule has 0 saturated carbocycles. The van der Waals surface area contributed by atoms with Crippen molar-refractivity contribution < 1.29 is 23.5 Å². The van der Waals surface area contributed by atoms with Crippen molar-refractivity contribution in [3.63, 3.8) is 0 Å². The Balaban J connectivity index is 2.25. The quantitative estimate of drug-likeness (QED) is 0.602. The summed E-state index contributed by atoms with van der Waals surface area (Å²) in [6.07, 6.45) is 0. The molecule has 2 aromatic rings. The second-order valence-electron chi connectivity index (χ2n) is 4.49. The van der Waals surface area contributed by atoms with E-state index in [0.717, 1.165) is 18.2 Å². The summed E-state index contributed by atoms with van der Waals surface area (Å²) in [5, 5.41) is 14.3. The van der Waals surface area contributed by atoms with Crippen LogP contribution in [0.4, 0.5) is 20.2 Å². The van der Waals surface area contributed by atoms with Gasteiger partial charge in [-0.1, -0.05) is 0 Å². The molecule has 0 spiro atoms. The van der Waals surface area contributed by atoms with Crippen molar-refractivity contribution in [2.45, 2.75) is 6.92 Å². The zero-order chi connectivity index (χ0) is 16.3. The van der Waals surface area contributed by atoms with Crippen molar-refractivity contribution in [2.24, 2.45) is 0 Å². The largest absolute Gasteiger partial charge is 0.506 e. The second kappa shape index (κ2) is 6.21. The van der Waals surface area contributed by atoms with Crippen LogP contribution >= 0.6 is 0 Å². The van der Waals surface area contributed by atoms with Gasteiger partial charge in [0, 0.05) is 12.6 Å². The fourth-order valence-corrected chi connectivity index (χ4v) is 1.77. The van der Waals surface area contributed by atoms with Crippen LogP contribution in [0.2, 0.25) is 0 Å². The number of amides is 2. The lowest BCUT2D eigenvalue weighted by atomic mass is 10.2. The van der Waals surface area contributed by atoms with Gasteiger partial charge in [-0.15, -0.1) is 0 Å². The van der Waals surface area contributed by atoms with E-state index < -0.39 is 29.0 Å². The molecule has 3 N–H and O–H groups in total. The Labute approximate surface area is 124 Å². The summed E-state index contributed by atoms with van der Waals surface area (Å²) < 4.78 is 26.6. The van der Waals surface area contributed by atoms with Gasteiger partial charge in [0.1, 0.15) is 17.4 Å². The molecule has 2 aromatic carbocycles. The van der Waals surface area contributed by atoms with Crippen LogP contribution in [0.5, 0.6) is 5.75 Å². The first-order valence-corrected chi connectivity index (χ1v) is 6.24. The smallest absolute Gasteiger partial charge is 0.258 e. The number of benzene rings is 2. The van der Waals surface area contributed by atoms with E-state index in [4.69, 9.17) is 0 Å². The average Bonchev–Trinajstić information content (AvgIpc) is 2.44. The Kier molecular flexibility index (Phi) is 4.36. The summed E-state index contributed by atoms with van der Waals surface area (Å²) in [4.78, 5) is 22.9. The van der Waals surface area contributed by atoms with Gasteiger partial charge in [0.2, 0.25) is 5.91 Å². The van der Waals surface area contributed by atoms with Gasteiger partial charge in [0.05, 0.1) is 11.3 Å². The first kappa shape index (κ1) is 15.4. The van der Waals surface area contributed by atoms with Gasteiger partial charge >= 0.3 is 0 Å². The van der Waals surface area contributed by atoms with E-state index in [1.165, 1.54) is 25.1 Å². The number of carbonyl (C=O) groups is 2. The molecule has 0 aromatic heterocycles. The molecule has 0 aliphatic carbocycles. The highest BCUT2D eigenvalue weighted by Gasteiger charge is 2.14. The zero-order valence-corrected chi connectivity index (χ0v) is 11.5. The first-order chi connectivity index (χ1) is 10.4. The Morgan fingerprint density at radius 3 is 2.45 bits per heavy atom. The fourth-order valence-electron chi connectivity index (χ4n) is 1.77. The molecular weight excluding hydrogens is 294 g/mol. The molecule has 2 rings (SSSR count). The van der Waals surface area contributed by atoms with Gasteiger partial charge in [-0.25, -0.2) is 8.78 Å². The van der Waals surface area contributed by atoms with Crippen LogP contribution in [-0.2, 0) is 4.79 Å². The molecule has 5 nitrogen and oxygen atoms in total. The summed E-state index contributed by atoms with van der Waals surface area (Å²) >= 11 is 0. The molecule has 0 heterocycles. The lowest BCUT2D eigenvalue weighted by molar-refractivity contribution is -0.114. The molecule has 0 aliphatic heterocycles. The lowest BCUT2D eigenvalue weighted by Gasteiger charge is -2.10. The van der Waals surface area contributed by atoms with Crippen LogP contribution in [0.15, 0.2) is 36.4 Å². The van der Waals surface area contributed by atoms with E-state index in [1.54, 1.807) is 0 Å². The van der Waals surface area contributed by atoms with Crippen LogP contribution in [0.3, 0.4) is 0 Å². The fraction of sp³-hybridized carbons (Fsp3) is 0.0667. The highest BCUT2D eigenvalue weighted by atomic mass is 19.1. The molecule has 114 valence electrons. The number of carbonyl (C=O) groups excluding carboxylic acids is 2. The predicted octanol–water partition coefficient (Wildman–Crippen LogP) is 2.88. The zero-order valence-electron chi connectivity index (χ0n) is 11.5. The SMILES string of the molecule is CC(=O)Nc1cc(NC(=O)c2cc(F)ccc2F)ccc1O. The van der Waals surface area contributed by atoms with Crippen molar-refractivity contribution in [1.82, 2.24) is 0 Å². The Morgan fingerprint density at radius 2 is 1.77 bits per heavy atom. The standard InChI is InChI=1S/C15H12F2N2O3/c1-8(20)18-13-7-10(3-5-14(13)21)19-15(22)11-6-9(16)2-4-12(11)17/h2-7,21H,1H3,(H,18,20)(H,19,22). The van der Waals surface area contributed by atoms with E-state index in [2.05, 4.69) is 10.6 Å². The summed E-state index contributed by atoms with van der Waals surface area (Å²) in [6.45, 7) is 1.26. The molecule has 7 heteroatoms. The third kappa shape index (κ3) is 3.57. The molecular formula is C15H12F2N2O3. The van der Waals surface area contributed by atoms with E-state index >= 15 is 0 Å². The number of hydrogen-bond acceptors (Lipinski definition) is 3. The molecule has 2 amide bonds. The number of phenolic OH excluding ortho intramolecular Hbond substituents is 1. The maximum atomic E-state index is 13.5. The topological polar surface area (TPSA) is 78.4 Å². The van der Waals surface area contributed by atoms with Crippen molar-refractivity contribution in [1.29, 1.82) is 0 Å². The monoisotopic (exact) mass is 306 g/mol. The van der Waals surface area contributed by atoms with Crippen molar-refractivity contribution in [3.05, 3.63) is 53.6 Å². The second-order valence-corrected chi connectivity index (χ2v) is 4.49. The predicted molar refractivity (Wildman–Crippen MR) is 76.7 cm³/mol. The van der Waals surface area contributed by atoms with Gasteiger partial charge in [-0.05, 0) is 36.4 Å². The molecule has 0 unspecified atom stereocenters. The number of rotatable bonds is 3. The van der Waals surface area contributed by atoms with Crippen molar-refractivity contribution >= 4 is 23.2 Å². The average molecular weight is 306 g/mol. The molecule has 0 fully saturated rings. The normalized spacial score (nSPS) is 10.1. The summed E-state index contributed by atoms with van der Waals surface area (Å²) in [6, 6.07) is 6.44. The summed E-state index contributed by atoms with van der Waals surface area (Å²) in [5.41, 5.74) is -0.158. The summed E-state index contributed by atoms with van der Waals surface area (Å²) in [7, 11) is 0. The van der Waals surface area contributed by atoms with E-state index in [9.17, 15) is 23.5 Å². The minimum absolute atomic E-state index is 0.0880. The van der Waals surface area contributed by atoms with Crippen molar-refractivity contribution in [3.8, 4) is 5.75 Å². The number of nitrogens with one attached hydrogen (secondary N) is 2. The number of hydrogen-bond donors (Lipinski definition) is 3. The maximum absolute atomic E-state index is 13.5. The van der Waals surface area contributed by atoms with Crippen molar-refractivity contribution in [2.75, 3.05) is 10.6 Å². The van der Waals surface area contributed by atoms with E-state index in [-0.39, 0.29) is 17.1 Å². The summed E-state index contributed by atoms with van der Waals surface area (Å²) in [5.74, 6) is -3.05. The highest BCUT2D eigenvalue weighted by molar-refractivity contribution is 6.05. The van der Waals surface area contributed by atoms with E-state index in [1.807, 2.05) is 0 Å². The Bertz CT molecular complexity index is 748. The van der Waals surface area contributed by atoms with E-state index in [0.29, 0.717) is 0 Å². The van der Waals surface area contributed by atoms with Gasteiger partial charge < -0.3 is 15.7 Å². The first-order valence-electron chi connectivity index (χ1n) is 6.24. The maximum Gasteiger partial charge on any atom is 0.258 e. The molecule has 0 radical (unpaired) electrons. The van der Waals surface area contributed by atoms with Crippen LogP contribution in [0.1, 0.15) is 17.3 Å². The third-order valence-corrected chi connectivity index (χ3v) is 2.74. The van der Waals surface area contributed by atoms with Gasteiger partial charge in [0.15, 0.2) is 0 Å². The molecule has 0 bridgehead atoms. The van der Waals surface area contributed by atoms with Gasteiger partial charge in [0.25, 0.3) is 5.91 Å². The number of anilines is 2. The molecule has 22 heavy (non-hydrogen) atoms. The molecule has 0 aliphatic rings. The molecule has 0 saturated heterocycles. The minimum atomic E-state index is -0.861. The van der Waals surface area contributed by atoms with Crippen LogP contribution < -0.4 is 10.6 Å². The Hall–Kier alpha value is -2.96. The highest BCUT2D eigenvalue weighted by Crippen LogP contribution is 2.27. The van der Waals surface area contributed by atoms with Crippen LogP contribution in [0.25, 0.3) is 0 Å². The number of halogens is 2. The van der Waals surface area contributed by atoms with Crippen LogP contribution in [-0.4, -0.2) is 16.9 Å². The Morgan fingerprint density at radius 1 is 1.05 bits per heavy atom. The van der Waals surface area contributed by atoms with Gasteiger partial charge in [-0.2, -0.15) is 0 Å². The lowest BCUT2D eigenvalue weighted by Crippen LogP contribution is -2.14. The minimum Gasteiger partial charge on any atom is -0.506 e. The molecule has 0 atom stereocenters. The van der Waals surface area contributed by atoms with Gasteiger partial charge in [-0.3, -0.25) is 9.59 Å². The third-order valence-electron chi connectivity index (χ3n) is 2.74. The number of phenols is 1. The van der Waals surface area contributed by atoms with Crippen LogP contribution in [0, 0.1) is 11.6 Å². The number of aromatic hydroxyl groups is 1.